The zero-order valence-electron chi connectivity index (χ0n) is 11.3. The summed E-state index contributed by atoms with van der Waals surface area (Å²) in [6.07, 6.45) is -1.99. The van der Waals surface area contributed by atoms with Crippen LogP contribution < -0.4 is 5.32 Å². The molecular formula is C15H20F3N. The van der Waals surface area contributed by atoms with E-state index in [-0.39, 0.29) is 0 Å². The fourth-order valence-corrected chi connectivity index (χ4v) is 2.82. The molecule has 1 aromatic rings. The topological polar surface area (TPSA) is 12.0 Å². The van der Waals surface area contributed by atoms with Crippen molar-refractivity contribution < 1.29 is 13.2 Å². The Morgan fingerprint density at radius 2 is 2.00 bits per heavy atom. The molecule has 0 aromatic heterocycles. The zero-order valence-corrected chi connectivity index (χ0v) is 11.3. The van der Waals surface area contributed by atoms with Crippen LogP contribution in [0.2, 0.25) is 0 Å². The van der Waals surface area contributed by atoms with Gasteiger partial charge >= 0.3 is 6.18 Å². The molecule has 1 aliphatic rings. The first-order valence-corrected chi connectivity index (χ1v) is 6.82. The summed E-state index contributed by atoms with van der Waals surface area (Å²) in [5, 5.41) is 3.33. The molecule has 2 atom stereocenters. The summed E-state index contributed by atoms with van der Waals surface area (Å²) in [6, 6.07) is 4.16. The first-order chi connectivity index (χ1) is 8.93. The molecule has 1 saturated carbocycles. The highest BCUT2D eigenvalue weighted by molar-refractivity contribution is 5.36. The largest absolute Gasteiger partial charge is 0.416 e. The Bertz CT molecular complexity index is 440. The van der Waals surface area contributed by atoms with E-state index in [9.17, 15) is 13.2 Å². The third-order valence-corrected chi connectivity index (χ3v) is 4.07. The monoisotopic (exact) mass is 271 g/mol. The summed E-state index contributed by atoms with van der Waals surface area (Å²) < 4.78 is 37.9. The maximum atomic E-state index is 12.6. The fraction of sp³-hybridized carbons (Fsp3) is 0.600. The highest BCUT2D eigenvalue weighted by Gasteiger charge is 2.34. The molecular weight excluding hydrogens is 251 g/mol. The van der Waals surface area contributed by atoms with E-state index in [4.69, 9.17) is 0 Å². The van der Waals surface area contributed by atoms with Gasteiger partial charge in [-0.25, -0.2) is 0 Å². The first-order valence-electron chi connectivity index (χ1n) is 6.82. The lowest BCUT2D eigenvalue weighted by Gasteiger charge is -2.38. The number of nitrogens with one attached hydrogen (secondary N) is 1. The molecule has 0 heterocycles. The van der Waals surface area contributed by atoms with Crippen molar-refractivity contribution in [2.75, 3.05) is 13.1 Å². The molecule has 0 aliphatic heterocycles. The molecule has 4 heteroatoms. The molecule has 0 radical (unpaired) electrons. The van der Waals surface area contributed by atoms with Crippen molar-refractivity contribution in [1.29, 1.82) is 0 Å². The van der Waals surface area contributed by atoms with Gasteiger partial charge in [0, 0.05) is 0 Å². The number of rotatable bonds is 4. The van der Waals surface area contributed by atoms with Crippen LogP contribution in [-0.4, -0.2) is 13.1 Å². The highest BCUT2D eigenvalue weighted by atomic mass is 19.4. The van der Waals surface area contributed by atoms with Crippen LogP contribution in [0.3, 0.4) is 0 Å². The standard InChI is InChI=1S/C15H20F3N/c1-3-19-9-11-4-6-14(11)13-7-5-12(8-10(13)2)15(16,17)18/h5,7-8,11,14,19H,3-4,6,9H2,1-2H3. The van der Waals surface area contributed by atoms with E-state index in [0.717, 1.165) is 37.1 Å². The summed E-state index contributed by atoms with van der Waals surface area (Å²) in [6.45, 7) is 5.75. The lowest BCUT2D eigenvalue weighted by atomic mass is 9.69. The van der Waals surface area contributed by atoms with Gasteiger partial charge in [-0.15, -0.1) is 0 Å². The summed E-state index contributed by atoms with van der Waals surface area (Å²) in [7, 11) is 0. The number of alkyl halides is 3. The van der Waals surface area contributed by atoms with Crippen molar-refractivity contribution in [3.05, 3.63) is 34.9 Å². The average Bonchev–Trinajstić information content (AvgIpc) is 2.29. The Hall–Kier alpha value is -1.03. The number of halogens is 3. The van der Waals surface area contributed by atoms with Crippen molar-refractivity contribution in [2.24, 2.45) is 5.92 Å². The molecule has 0 spiro atoms. The molecule has 1 nitrogen and oxygen atoms in total. The van der Waals surface area contributed by atoms with E-state index in [1.165, 1.54) is 12.1 Å². The molecule has 0 bridgehead atoms. The molecule has 1 aromatic carbocycles. The smallest absolute Gasteiger partial charge is 0.317 e. The maximum Gasteiger partial charge on any atom is 0.416 e. The number of benzene rings is 1. The minimum atomic E-state index is -4.24. The summed E-state index contributed by atoms with van der Waals surface area (Å²) in [5.74, 6) is 0.983. The average molecular weight is 271 g/mol. The second-order valence-electron chi connectivity index (χ2n) is 5.32. The van der Waals surface area contributed by atoms with Crippen molar-refractivity contribution in [3.63, 3.8) is 0 Å². The number of aryl methyl sites for hydroxylation is 1. The molecule has 1 fully saturated rings. The first kappa shape index (κ1) is 14.4. The third kappa shape index (κ3) is 3.11. The van der Waals surface area contributed by atoms with Crippen LogP contribution in [0.15, 0.2) is 18.2 Å². The molecule has 0 amide bonds. The van der Waals surface area contributed by atoms with Crippen molar-refractivity contribution in [3.8, 4) is 0 Å². The summed E-state index contributed by atoms with van der Waals surface area (Å²) in [4.78, 5) is 0. The van der Waals surface area contributed by atoms with Crippen molar-refractivity contribution in [1.82, 2.24) is 5.32 Å². The van der Waals surface area contributed by atoms with Crippen LogP contribution in [-0.2, 0) is 6.18 Å². The molecule has 106 valence electrons. The van der Waals surface area contributed by atoms with E-state index < -0.39 is 11.7 Å². The van der Waals surface area contributed by atoms with Gasteiger partial charge in [-0.1, -0.05) is 13.0 Å². The SMILES string of the molecule is CCNCC1CCC1c1ccc(C(F)(F)F)cc1C. The number of hydrogen-bond acceptors (Lipinski definition) is 1. The van der Waals surface area contributed by atoms with Crippen LogP contribution in [0.4, 0.5) is 13.2 Å². The predicted molar refractivity (Wildman–Crippen MR) is 70.2 cm³/mol. The lowest BCUT2D eigenvalue weighted by Crippen LogP contribution is -2.34. The highest BCUT2D eigenvalue weighted by Crippen LogP contribution is 2.44. The van der Waals surface area contributed by atoms with Gasteiger partial charge < -0.3 is 5.32 Å². The van der Waals surface area contributed by atoms with Gasteiger partial charge in [0.25, 0.3) is 0 Å². The van der Waals surface area contributed by atoms with E-state index in [1.54, 1.807) is 13.0 Å². The number of hydrogen-bond donors (Lipinski definition) is 1. The van der Waals surface area contributed by atoms with Gasteiger partial charge in [0.2, 0.25) is 0 Å². The predicted octanol–water partition coefficient (Wildman–Crippen LogP) is 4.12. The minimum Gasteiger partial charge on any atom is -0.317 e. The van der Waals surface area contributed by atoms with Gasteiger partial charge in [0.1, 0.15) is 0 Å². The molecule has 19 heavy (non-hydrogen) atoms. The van der Waals surface area contributed by atoms with Gasteiger partial charge in [-0.3, -0.25) is 0 Å². The summed E-state index contributed by atoms with van der Waals surface area (Å²) in [5.41, 5.74) is 1.31. The van der Waals surface area contributed by atoms with Gasteiger partial charge in [0.15, 0.2) is 0 Å². The van der Waals surface area contributed by atoms with E-state index in [1.807, 2.05) is 0 Å². The van der Waals surface area contributed by atoms with E-state index in [0.29, 0.717) is 11.8 Å². The second-order valence-corrected chi connectivity index (χ2v) is 5.32. The van der Waals surface area contributed by atoms with Crippen LogP contribution >= 0.6 is 0 Å². The van der Waals surface area contributed by atoms with E-state index in [2.05, 4.69) is 12.2 Å². The van der Waals surface area contributed by atoms with Crippen LogP contribution in [0.5, 0.6) is 0 Å². The Labute approximate surface area is 112 Å². The lowest BCUT2D eigenvalue weighted by molar-refractivity contribution is -0.137. The van der Waals surface area contributed by atoms with Gasteiger partial charge in [-0.2, -0.15) is 13.2 Å². The summed E-state index contributed by atoms with van der Waals surface area (Å²) >= 11 is 0. The van der Waals surface area contributed by atoms with Gasteiger partial charge in [-0.05, 0) is 68.0 Å². The fourth-order valence-electron chi connectivity index (χ4n) is 2.82. The molecule has 2 rings (SSSR count). The molecule has 1 aliphatic carbocycles. The molecule has 1 N–H and O–H groups in total. The Kier molecular flexibility index (Phi) is 4.19. The second kappa shape index (κ2) is 5.53. The maximum absolute atomic E-state index is 12.6. The van der Waals surface area contributed by atoms with Crippen LogP contribution in [0, 0.1) is 12.8 Å². The Morgan fingerprint density at radius 1 is 1.26 bits per heavy atom. The normalized spacial score (nSPS) is 23.2. The Morgan fingerprint density at radius 3 is 2.47 bits per heavy atom. The zero-order chi connectivity index (χ0) is 14.0. The van der Waals surface area contributed by atoms with Crippen LogP contribution in [0.1, 0.15) is 42.4 Å². The van der Waals surface area contributed by atoms with Gasteiger partial charge in [0.05, 0.1) is 5.56 Å². The quantitative estimate of drug-likeness (QED) is 0.868. The van der Waals surface area contributed by atoms with Crippen molar-refractivity contribution >= 4 is 0 Å². The van der Waals surface area contributed by atoms with E-state index >= 15 is 0 Å². The molecule has 2 unspecified atom stereocenters. The van der Waals surface area contributed by atoms with Crippen LogP contribution in [0.25, 0.3) is 0 Å². The molecule has 0 saturated heterocycles. The van der Waals surface area contributed by atoms with Crippen molar-refractivity contribution in [2.45, 2.75) is 38.8 Å². The minimum absolute atomic E-state index is 0.418. The third-order valence-electron chi connectivity index (χ3n) is 4.07. The Balaban J connectivity index is 2.13.